The molecule has 1 aliphatic rings. The minimum atomic E-state index is -0.209. The molecule has 0 bridgehead atoms. The Morgan fingerprint density at radius 1 is 0.970 bits per heavy atom. The second-order valence-corrected chi connectivity index (χ2v) is 8.14. The van der Waals surface area contributed by atoms with Crippen LogP contribution in [-0.2, 0) is 4.79 Å². The quantitative estimate of drug-likeness (QED) is 0.437. The van der Waals surface area contributed by atoms with Gasteiger partial charge in [0.25, 0.3) is 5.91 Å². The van der Waals surface area contributed by atoms with E-state index in [-0.39, 0.29) is 11.5 Å². The largest absolute Gasteiger partial charge is 0.497 e. The van der Waals surface area contributed by atoms with Crippen LogP contribution in [0.5, 0.6) is 5.75 Å². The number of methoxy groups -OCH3 is 1. The van der Waals surface area contributed by atoms with Gasteiger partial charge < -0.3 is 19.1 Å². The van der Waals surface area contributed by atoms with Crippen molar-refractivity contribution in [1.29, 1.82) is 5.26 Å². The fraction of sp³-hybridized carbons (Fsp3) is 0.259. The zero-order valence-corrected chi connectivity index (χ0v) is 19.3. The van der Waals surface area contributed by atoms with Crippen LogP contribution in [0.2, 0.25) is 0 Å². The zero-order chi connectivity index (χ0) is 23.4. The summed E-state index contributed by atoms with van der Waals surface area (Å²) in [4.78, 5) is 17.2. The van der Waals surface area contributed by atoms with E-state index >= 15 is 0 Å². The number of para-hydroxylation sites is 1. The van der Waals surface area contributed by atoms with Crippen molar-refractivity contribution in [3.8, 4) is 17.5 Å². The highest BCUT2D eigenvalue weighted by Gasteiger charge is 2.24. The van der Waals surface area contributed by atoms with Gasteiger partial charge in [0.1, 0.15) is 17.4 Å². The molecule has 0 radical (unpaired) electrons. The molecular formula is C27H28N4O2. The molecule has 33 heavy (non-hydrogen) atoms. The summed E-state index contributed by atoms with van der Waals surface area (Å²) in [5.74, 6) is 0.588. The summed E-state index contributed by atoms with van der Waals surface area (Å²) in [5.41, 5.74) is 5.21. The number of hydrogen-bond donors (Lipinski definition) is 0. The Hall–Kier alpha value is -3.98. The summed E-state index contributed by atoms with van der Waals surface area (Å²) >= 11 is 0. The van der Waals surface area contributed by atoms with Crippen molar-refractivity contribution in [3.05, 3.63) is 83.2 Å². The minimum absolute atomic E-state index is 0.165. The fourth-order valence-corrected chi connectivity index (χ4v) is 4.34. The first kappa shape index (κ1) is 22.2. The maximum absolute atomic E-state index is 13.1. The molecule has 6 heteroatoms. The molecule has 1 amide bonds. The normalized spacial score (nSPS) is 14.2. The van der Waals surface area contributed by atoms with Gasteiger partial charge in [-0.3, -0.25) is 4.79 Å². The summed E-state index contributed by atoms with van der Waals surface area (Å²) in [7, 11) is 1.64. The molecule has 1 saturated heterocycles. The number of nitriles is 1. The molecule has 1 aliphatic heterocycles. The Bertz CT molecular complexity index is 1200. The third kappa shape index (κ3) is 4.63. The number of carbonyl (C=O) groups excluding carboxylic acids is 1. The van der Waals surface area contributed by atoms with Gasteiger partial charge in [-0.05, 0) is 68.0 Å². The standard InChI is InChI=1S/C27H28N4O2/c1-20-17-22(21(2)31(20)25-9-11-26(33-3)12-10-25)18-23(19-28)27(32)30-15-13-29(14-16-30)24-7-5-4-6-8-24/h4-12,17-18H,13-16H2,1-3H3. The average molecular weight is 441 g/mol. The van der Waals surface area contributed by atoms with Crippen LogP contribution in [0.4, 0.5) is 5.69 Å². The van der Waals surface area contributed by atoms with Crippen molar-refractivity contribution >= 4 is 17.7 Å². The molecule has 0 unspecified atom stereocenters. The molecule has 6 nitrogen and oxygen atoms in total. The van der Waals surface area contributed by atoms with Gasteiger partial charge >= 0.3 is 0 Å². The van der Waals surface area contributed by atoms with Crippen molar-refractivity contribution in [2.75, 3.05) is 38.2 Å². The highest BCUT2D eigenvalue weighted by molar-refractivity contribution is 6.02. The minimum Gasteiger partial charge on any atom is -0.497 e. The van der Waals surface area contributed by atoms with Crippen molar-refractivity contribution in [2.24, 2.45) is 0 Å². The van der Waals surface area contributed by atoms with E-state index in [1.165, 1.54) is 0 Å². The first-order valence-corrected chi connectivity index (χ1v) is 11.1. The second-order valence-electron chi connectivity index (χ2n) is 8.14. The SMILES string of the molecule is COc1ccc(-n2c(C)cc(C=C(C#N)C(=O)N3CCN(c4ccccc4)CC3)c2C)cc1. The van der Waals surface area contributed by atoms with Crippen LogP contribution in [0.1, 0.15) is 17.0 Å². The van der Waals surface area contributed by atoms with Crippen molar-refractivity contribution < 1.29 is 9.53 Å². The number of carbonyl (C=O) groups is 1. The van der Waals surface area contributed by atoms with Crippen LogP contribution in [0.25, 0.3) is 11.8 Å². The number of ether oxygens (including phenoxy) is 1. The molecule has 3 aromatic rings. The van der Waals surface area contributed by atoms with Crippen LogP contribution in [0.15, 0.2) is 66.2 Å². The number of benzene rings is 2. The number of amides is 1. The number of nitrogens with zero attached hydrogens (tertiary/aromatic N) is 4. The van der Waals surface area contributed by atoms with E-state index in [0.29, 0.717) is 13.1 Å². The fourth-order valence-electron chi connectivity index (χ4n) is 4.34. The molecule has 0 spiro atoms. The highest BCUT2D eigenvalue weighted by atomic mass is 16.5. The number of aryl methyl sites for hydroxylation is 1. The molecular weight excluding hydrogens is 412 g/mol. The maximum Gasteiger partial charge on any atom is 0.264 e. The highest BCUT2D eigenvalue weighted by Crippen LogP contribution is 2.25. The molecule has 1 fully saturated rings. The number of aromatic nitrogens is 1. The lowest BCUT2D eigenvalue weighted by atomic mass is 10.1. The van der Waals surface area contributed by atoms with Gasteiger partial charge in [0.05, 0.1) is 7.11 Å². The molecule has 0 saturated carbocycles. The maximum atomic E-state index is 13.1. The Morgan fingerprint density at radius 2 is 1.64 bits per heavy atom. The van der Waals surface area contributed by atoms with Crippen LogP contribution in [0.3, 0.4) is 0 Å². The Labute approximate surface area is 194 Å². The van der Waals surface area contributed by atoms with Gasteiger partial charge in [-0.2, -0.15) is 5.26 Å². The number of piperazine rings is 1. The van der Waals surface area contributed by atoms with E-state index < -0.39 is 0 Å². The van der Waals surface area contributed by atoms with Gasteiger partial charge in [-0.15, -0.1) is 0 Å². The third-order valence-corrected chi connectivity index (χ3v) is 6.14. The van der Waals surface area contributed by atoms with Crippen molar-refractivity contribution in [3.63, 3.8) is 0 Å². The number of hydrogen-bond acceptors (Lipinski definition) is 4. The van der Waals surface area contributed by atoms with Gasteiger partial charge in [-0.1, -0.05) is 18.2 Å². The van der Waals surface area contributed by atoms with Crippen LogP contribution >= 0.6 is 0 Å². The van der Waals surface area contributed by atoms with E-state index in [1.807, 2.05) is 62.4 Å². The molecule has 0 aliphatic carbocycles. The summed E-state index contributed by atoms with van der Waals surface area (Å²) in [6, 6.07) is 22.2. The monoisotopic (exact) mass is 440 g/mol. The van der Waals surface area contributed by atoms with E-state index in [2.05, 4.69) is 27.7 Å². The van der Waals surface area contributed by atoms with E-state index in [1.54, 1.807) is 18.1 Å². The second kappa shape index (κ2) is 9.66. The Kier molecular flexibility index (Phi) is 6.50. The predicted molar refractivity (Wildman–Crippen MR) is 131 cm³/mol. The number of anilines is 1. The molecule has 2 heterocycles. The van der Waals surface area contributed by atoms with Crippen molar-refractivity contribution in [2.45, 2.75) is 13.8 Å². The van der Waals surface area contributed by atoms with Crippen molar-refractivity contribution in [1.82, 2.24) is 9.47 Å². The molecule has 0 N–H and O–H groups in total. The lowest BCUT2D eigenvalue weighted by Crippen LogP contribution is -2.49. The van der Waals surface area contributed by atoms with Gasteiger partial charge in [0.2, 0.25) is 0 Å². The summed E-state index contributed by atoms with van der Waals surface area (Å²) in [6.45, 7) is 6.71. The lowest BCUT2D eigenvalue weighted by molar-refractivity contribution is -0.126. The first-order chi connectivity index (χ1) is 16.0. The number of rotatable bonds is 5. The summed E-state index contributed by atoms with van der Waals surface area (Å²) < 4.78 is 7.37. The Morgan fingerprint density at radius 3 is 2.24 bits per heavy atom. The van der Waals surface area contributed by atoms with E-state index in [9.17, 15) is 10.1 Å². The summed E-state index contributed by atoms with van der Waals surface area (Å²) in [6.07, 6.45) is 1.72. The molecule has 2 aromatic carbocycles. The smallest absolute Gasteiger partial charge is 0.264 e. The average Bonchev–Trinajstić information content (AvgIpc) is 3.15. The molecule has 0 atom stereocenters. The topological polar surface area (TPSA) is 61.5 Å². The van der Waals surface area contributed by atoms with Crippen LogP contribution in [-0.4, -0.2) is 48.7 Å². The van der Waals surface area contributed by atoms with E-state index in [0.717, 1.165) is 47.2 Å². The van der Waals surface area contributed by atoms with Gasteiger partial charge in [0.15, 0.2) is 0 Å². The lowest BCUT2D eigenvalue weighted by Gasteiger charge is -2.36. The molecule has 168 valence electrons. The predicted octanol–water partition coefficient (Wildman–Crippen LogP) is 4.36. The van der Waals surface area contributed by atoms with E-state index in [4.69, 9.17) is 4.74 Å². The third-order valence-electron chi connectivity index (χ3n) is 6.14. The van der Waals surface area contributed by atoms with Crippen LogP contribution < -0.4 is 9.64 Å². The zero-order valence-electron chi connectivity index (χ0n) is 19.3. The first-order valence-electron chi connectivity index (χ1n) is 11.1. The van der Waals surface area contributed by atoms with Gasteiger partial charge in [0, 0.05) is 48.9 Å². The summed E-state index contributed by atoms with van der Waals surface area (Å²) in [5, 5.41) is 9.76. The van der Waals surface area contributed by atoms with Gasteiger partial charge in [-0.25, -0.2) is 0 Å². The Balaban J connectivity index is 1.52. The van der Waals surface area contributed by atoms with Crippen LogP contribution in [0, 0.1) is 25.2 Å². The molecule has 4 rings (SSSR count). The molecule has 1 aromatic heterocycles.